The van der Waals surface area contributed by atoms with Gasteiger partial charge >= 0.3 is 0 Å². The van der Waals surface area contributed by atoms with E-state index in [0.717, 1.165) is 0 Å². The van der Waals surface area contributed by atoms with Gasteiger partial charge in [-0.15, -0.1) is 0 Å². The molecule has 0 saturated heterocycles. The summed E-state index contributed by atoms with van der Waals surface area (Å²) in [5, 5.41) is 2.69. The van der Waals surface area contributed by atoms with Crippen LogP contribution in [-0.2, 0) is 4.79 Å². The quantitative estimate of drug-likeness (QED) is 0.877. The van der Waals surface area contributed by atoms with E-state index in [-0.39, 0.29) is 18.3 Å². The second-order valence-electron chi connectivity index (χ2n) is 4.58. The second kappa shape index (κ2) is 5.28. The summed E-state index contributed by atoms with van der Waals surface area (Å²) in [5.74, 6) is 0.672. The van der Waals surface area contributed by atoms with Crippen molar-refractivity contribution >= 4 is 17.4 Å². The van der Waals surface area contributed by atoms with Crippen molar-refractivity contribution in [3.63, 3.8) is 0 Å². The number of rotatable bonds is 3. The Balaban J connectivity index is 1.99. The first-order valence-corrected chi connectivity index (χ1v) is 6.43. The van der Waals surface area contributed by atoms with Gasteiger partial charge in [0.1, 0.15) is 11.5 Å². The number of anilines is 1. The molecule has 106 valence electrons. The lowest BCUT2D eigenvalue weighted by Gasteiger charge is -2.18. The van der Waals surface area contributed by atoms with E-state index in [9.17, 15) is 9.59 Å². The highest BCUT2D eigenvalue weighted by molar-refractivity contribution is 6.11. The fourth-order valence-corrected chi connectivity index (χ4v) is 2.21. The van der Waals surface area contributed by atoms with Crippen LogP contribution in [0.25, 0.3) is 0 Å². The van der Waals surface area contributed by atoms with Crippen LogP contribution >= 0.6 is 0 Å². The number of fused-ring (bicyclic) bond motifs is 1. The molecule has 1 amide bonds. The smallest absolute Gasteiger partial charge is 0.262 e. The predicted octanol–water partition coefficient (Wildman–Crippen LogP) is 2.26. The van der Waals surface area contributed by atoms with Crippen molar-refractivity contribution in [3.8, 4) is 11.5 Å². The maximum Gasteiger partial charge on any atom is 0.262 e. The summed E-state index contributed by atoms with van der Waals surface area (Å²) in [6.07, 6.45) is 0. The first kappa shape index (κ1) is 13.2. The van der Waals surface area contributed by atoms with Crippen LogP contribution in [0.1, 0.15) is 15.9 Å². The van der Waals surface area contributed by atoms with E-state index in [4.69, 9.17) is 9.47 Å². The van der Waals surface area contributed by atoms with Crippen LogP contribution in [0.2, 0.25) is 0 Å². The number of methoxy groups -OCH3 is 1. The third kappa shape index (κ3) is 2.45. The normalized spacial score (nSPS) is 12.9. The van der Waals surface area contributed by atoms with E-state index in [1.54, 1.807) is 42.5 Å². The first-order chi connectivity index (χ1) is 10.2. The number of hydrogen-bond donors (Lipinski definition) is 1. The van der Waals surface area contributed by atoms with Crippen LogP contribution in [0, 0.1) is 0 Å². The zero-order valence-corrected chi connectivity index (χ0v) is 11.4. The van der Waals surface area contributed by atoms with E-state index in [1.165, 1.54) is 7.11 Å². The first-order valence-electron chi connectivity index (χ1n) is 6.43. The fraction of sp³-hybridized carbons (Fsp3) is 0.125. The van der Waals surface area contributed by atoms with Crippen molar-refractivity contribution in [2.24, 2.45) is 0 Å². The van der Waals surface area contributed by atoms with Gasteiger partial charge in [-0.25, -0.2) is 0 Å². The van der Waals surface area contributed by atoms with Gasteiger partial charge in [-0.3, -0.25) is 9.59 Å². The van der Waals surface area contributed by atoms with E-state index in [1.807, 2.05) is 0 Å². The zero-order valence-electron chi connectivity index (χ0n) is 11.4. The number of carbonyl (C=O) groups is 2. The van der Waals surface area contributed by atoms with Gasteiger partial charge in [0.15, 0.2) is 12.4 Å². The molecular weight excluding hydrogens is 270 g/mol. The molecule has 1 N–H and O–H groups in total. The van der Waals surface area contributed by atoms with Gasteiger partial charge in [-0.2, -0.15) is 0 Å². The van der Waals surface area contributed by atoms with Crippen molar-refractivity contribution in [2.75, 3.05) is 19.0 Å². The Labute approximate surface area is 121 Å². The molecule has 0 aromatic heterocycles. The maximum atomic E-state index is 12.6. The monoisotopic (exact) mass is 283 g/mol. The standard InChI is InChI=1S/C16H13NO4/c1-20-13-5-3-2-4-11(13)16(19)10-6-7-14-12(8-10)17-15(18)9-21-14/h2-8H,9H2,1H3,(H,17,18). The van der Waals surface area contributed by atoms with Crippen LogP contribution in [0.5, 0.6) is 11.5 Å². The summed E-state index contributed by atoms with van der Waals surface area (Å²) in [7, 11) is 1.52. The van der Waals surface area contributed by atoms with Gasteiger partial charge < -0.3 is 14.8 Å². The number of nitrogens with one attached hydrogen (secondary N) is 1. The van der Waals surface area contributed by atoms with Crippen LogP contribution in [0.4, 0.5) is 5.69 Å². The zero-order chi connectivity index (χ0) is 14.8. The minimum Gasteiger partial charge on any atom is -0.496 e. The minimum atomic E-state index is -0.232. The average molecular weight is 283 g/mol. The van der Waals surface area contributed by atoms with Crippen molar-refractivity contribution in [1.29, 1.82) is 0 Å². The van der Waals surface area contributed by atoms with Crippen molar-refractivity contribution in [2.45, 2.75) is 0 Å². The molecule has 21 heavy (non-hydrogen) atoms. The van der Waals surface area contributed by atoms with Crippen LogP contribution in [0.15, 0.2) is 42.5 Å². The van der Waals surface area contributed by atoms with Gasteiger partial charge in [0.05, 0.1) is 18.4 Å². The Kier molecular flexibility index (Phi) is 3.31. The Bertz CT molecular complexity index is 724. The Hall–Kier alpha value is -2.82. The Morgan fingerprint density at radius 2 is 2.05 bits per heavy atom. The summed E-state index contributed by atoms with van der Waals surface area (Å²) in [5.41, 5.74) is 1.44. The summed E-state index contributed by atoms with van der Waals surface area (Å²) in [4.78, 5) is 23.9. The van der Waals surface area contributed by atoms with Crippen molar-refractivity contribution < 1.29 is 19.1 Å². The van der Waals surface area contributed by atoms with Gasteiger partial charge in [-0.1, -0.05) is 12.1 Å². The summed E-state index contributed by atoms with van der Waals surface area (Å²) < 4.78 is 10.5. The summed E-state index contributed by atoms with van der Waals surface area (Å²) in [6.45, 7) is -0.00714. The molecule has 0 fully saturated rings. The lowest BCUT2D eigenvalue weighted by molar-refractivity contribution is -0.118. The molecule has 3 rings (SSSR count). The number of hydrogen-bond acceptors (Lipinski definition) is 4. The van der Waals surface area contributed by atoms with E-state index < -0.39 is 0 Å². The molecule has 5 nitrogen and oxygen atoms in total. The van der Waals surface area contributed by atoms with Crippen LogP contribution in [-0.4, -0.2) is 25.4 Å². The van der Waals surface area contributed by atoms with E-state index in [2.05, 4.69) is 5.32 Å². The molecule has 0 bridgehead atoms. The van der Waals surface area contributed by atoms with E-state index >= 15 is 0 Å². The average Bonchev–Trinajstić information content (AvgIpc) is 2.53. The highest BCUT2D eigenvalue weighted by Gasteiger charge is 2.19. The topological polar surface area (TPSA) is 64.6 Å². The van der Waals surface area contributed by atoms with Gasteiger partial charge in [-0.05, 0) is 30.3 Å². The number of benzene rings is 2. The fourth-order valence-electron chi connectivity index (χ4n) is 2.21. The maximum absolute atomic E-state index is 12.6. The molecule has 0 saturated carbocycles. The number of para-hydroxylation sites is 1. The molecule has 1 heterocycles. The molecule has 2 aromatic rings. The largest absolute Gasteiger partial charge is 0.496 e. The lowest BCUT2D eigenvalue weighted by Crippen LogP contribution is -2.25. The summed E-state index contributed by atoms with van der Waals surface area (Å²) >= 11 is 0. The highest BCUT2D eigenvalue weighted by Crippen LogP contribution is 2.30. The molecule has 1 aliphatic heterocycles. The molecular formula is C16H13NO4. The van der Waals surface area contributed by atoms with Gasteiger partial charge in [0, 0.05) is 5.56 Å². The molecule has 5 heteroatoms. The molecule has 0 atom stereocenters. The molecule has 0 spiro atoms. The van der Waals surface area contributed by atoms with Crippen LogP contribution in [0.3, 0.4) is 0 Å². The molecule has 2 aromatic carbocycles. The Morgan fingerprint density at radius 3 is 2.86 bits per heavy atom. The lowest BCUT2D eigenvalue weighted by atomic mass is 10.0. The van der Waals surface area contributed by atoms with Crippen molar-refractivity contribution in [1.82, 2.24) is 0 Å². The molecule has 0 aliphatic carbocycles. The van der Waals surface area contributed by atoms with Crippen LogP contribution < -0.4 is 14.8 Å². The minimum absolute atomic E-state index is 0.00714. The predicted molar refractivity (Wildman–Crippen MR) is 77.0 cm³/mol. The molecule has 0 unspecified atom stereocenters. The number of amides is 1. The third-order valence-corrected chi connectivity index (χ3v) is 3.23. The van der Waals surface area contributed by atoms with Crippen molar-refractivity contribution in [3.05, 3.63) is 53.6 Å². The number of carbonyl (C=O) groups excluding carboxylic acids is 2. The second-order valence-corrected chi connectivity index (χ2v) is 4.58. The van der Waals surface area contributed by atoms with E-state index in [0.29, 0.717) is 28.3 Å². The summed E-state index contributed by atoms with van der Waals surface area (Å²) in [6, 6.07) is 12.0. The third-order valence-electron chi connectivity index (χ3n) is 3.23. The highest BCUT2D eigenvalue weighted by atomic mass is 16.5. The SMILES string of the molecule is COc1ccccc1C(=O)c1ccc2c(c1)NC(=O)CO2. The van der Waals surface area contributed by atoms with Gasteiger partial charge in [0.2, 0.25) is 0 Å². The van der Waals surface area contributed by atoms with Gasteiger partial charge in [0.25, 0.3) is 5.91 Å². The number of ketones is 1. The molecule has 0 radical (unpaired) electrons. The number of ether oxygens (including phenoxy) is 2. The Morgan fingerprint density at radius 1 is 1.24 bits per heavy atom. The molecule has 1 aliphatic rings.